The molecule has 0 saturated carbocycles. The predicted octanol–water partition coefficient (Wildman–Crippen LogP) is 2.72. The maximum Gasteiger partial charge on any atom is 0.271 e. The van der Waals surface area contributed by atoms with Crippen molar-refractivity contribution < 1.29 is 9.59 Å². The summed E-state index contributed by atoms with van der Waals surface area (Å²) in [5.74, 6) is -0.461. The highest BCUT2D eigenvalue weighted by molar-refractivity contribution is 5.96. The summed E-state index contributed by atoms with van der Waals surface area (Å²) in [7, 11) is 0. The van der Waals surface area contributed by atoms with Crippen molar-refractivity contribution in [3.63, 3.8) is 0 Å². The van der Waals surface area contributed by atoms with Gasteiger partial charge in [-0.15, -0.1) is 0 Å². The van der Waals surface area contributed by atoms with Crippen LogP contribution in [0.25, 0.3) is 0 Å². The van der Waals surface area contributed by atoms with Crippen molar-refractivity contribution >= 4 is 23.7 Å². The Morgan fingerprint density at radius 2 is 1.64 bits per heavy atom. The zero-order valence-corrected chi connectivity index (χ0v) is 12.5. The number of anilines is 1. The minimum absolute atomic E-state index is 0.153. The van der Waals surface area contributed by atoms with Crippen LogP contribution in [-0.2, 0) is 4.79 Å². The molecule has 0 radical (unpaired) electrons. The highest BCUT2D eigenvalue weighted by atomic mass is 16.2. The van der Waals surface area contributed by atoms with Crippen LogP contribution < -0.4 is 10.7 Å². The molecule has 0 heterocycles. The summed E-state index contributed by atoms with van der Waals surface area (Å²) in [5, 5.41) is 6.56. The molecule has 5 heteroatoms. The molecular formula is C17H17N3O2. The van der Waals surface area contributed by atoms with E-state index in [1.54, 1.807) is 30.5 Å². The first-order valence-electron chi connectivity index (χ1n) is 6.82. The lowest BCUT2D eigenvalue weighted by Gasteiger charge is -2.03. The fraction of sp³-hybridized carbons (Fsp3) is 0.118. The third-order valence-electron chi connectivity index (χ3n) is 2.92. The number of carbonyl (C=O) groups excluding carboxylic acids is 2. The Morgan fingerprint density at radius 1 is 1.00 bits per heavy atom. The van der Waals surface area contributed by atoms with Gasteiger partial charge in [0.15, 0.2) is 0 Å². The Kier molecular flexibility index (Phi) is 5.03. The smallest absolute Gasteiger partial charge is 0.271 e. The van der Waals surface area contributed by atoms with Gasteiger partial charge in [-0.25, -0.2) is 5.43 Å². The first-order valence-corrected chi connectivity index (χ1v) is 6.82. The zero-order valence-electron chi connectivity index (χ0n) is 12.5. The van der Waals surface area contributed by atoms with Crippen molar-refractivity contribution in [2.75, 3.05) is 5.32 Å². The van der Waals surface area contributed by atoms with Gasteiger partial charge in [-0.2, -0.15) is 5.10 Å². The van der Waals surface area contributed by atoms with Crippen molar-refractivity contribution in [2.24, 2.45) is 5.10 Å². The number of rotatable bonds is 4. The van der Waals surface area contributed by atoms with E-state index in [4.69, 9.17) is 0 Å². The van der Waals surface area contributed by atoms with E-state index in [-0.39, 0.29) is 11.8 Å². The topological polar surface area (TPSA) is 70.6 Å². The second-order valence-corrected chi connectivity index (χ2v) is 4.87. The summed E-state index contributed by atoms with van der Waals surface area (Å²) in [6, 6.07) is 14.4. The van der Waals surface area contributed by atoms with Gasteiger partial charge in [-0.3, -0.25) is 9.59 Å². The molecule has 0 fully saturated rings. The Hall–Kier alpha value is -2.95. The monoisotopic (exact) mass is 295 g/mol. The summed E-state index contributed by atoms with van der Waals surface area (Å²) in [6.07, 6.45) is 1.59. The van der Waals surface area contributed by atoms with Crippen LogP contribution in [0.15, 0.2) is 53.6 Å². The van der Waals surface area contributed by atoms with Gasteiger partial charge in [-0.1, -0.05) is 29.8 Å². The Bertz CT molecular complexity index is 689. The van der Waals surface area contributed by atoms with E-state index >= 15 is 0 Å². The summed E-state index contributed by atoms with van der Waals surface area (Å²) < 4.78 is 0. The average Bonchev–Trinajstić information content (AvgIpc) is 2.49. The molecule has 22 heavy (non-hydrogen) atoms. The van der Waals surface area contributed by atoms with Crippen molar-refractivity contribution in [3.05, 3.63) is 65.2 Å². The molecule has 0 spiro atoms. The second-order valence-electron chi connectivity index (χ2n) is 4.87. The van der Waals surface area contributed by atoms with Gasteiger partial charge in [0.2, 0.25) is 5.91 Å². The SMILES string of the molecule is CC(=O)Nc1ccc(C(=O)N/N=C\c2ccc(C)cc2)cc1. The van der Waals surface area contributed by atoms with Crippen LogP contribution >= 0.6 is 0 Å². The highest BCUT2D eigenvalue weighted by Crippen LogP contribution is 2.09. The lowest BCUT2D eigenvalue weighted by molar-refractivity contribution is -0.114. The zero-order chi connectivity index (χ0) is 15.9. The molecule has 0 aliphatic heterocycles. The van der Waals surface area contributed by atoms with Gasteiger partial charge in [0.05, 0.1) is 6.21 Å². The van der Waals surface area contributed by atoms with E-state index in [0.29, 0.717) is 11.3 Å². The van der Waals surface area contributed by atoms with Gasteiger partial charge >= 0.3 is 0 Å². The molecule has 2 rings (SSSR count). The third-order valence-corrected chi connectivity index (χ3v) is 2.92. The summed E-state index contributed by atoms with van der Waals surface area (Å²) in [4.78, 5) is 22.8. The third kappa shape index (κ3) is 4.56. The van der Waals surface area contributed by atoms with Crippen LogP contribution in [0, 0.1) is 6.92 Å². The quantitative estimate of drug-likeness (QED) is 0.672. The number of nitrogens with one attached hydrogen (secondary N) is 2. The summed E-state index contributed by atoms with van der Waals surface area (Å²) in [5.41, 5.74) is 5.66. The minimum Gasteiger partial charge on any atom is -0.326 e. The molecule has 2 amide bonds. The summed E-state index contributed by atoms with van der Waals surface area (Å²) in [6.45, 7) is 3.44. The molecule has 0 atom stereocenters. The molecule has 0 bridgehead atoms. The van der Waals surface area contributed by atoms with Crippen molar-refractivity contribution in [1.82, 2.24) is 5.43 Å². The second kappa shape index (κ2) is 7.17. The van der Waals surface area contributed by atoms with Crippen LogP contribution in [0.3, 0.4) is 0 Å². The number of carbonyl (C=O) groups is 2. The number of hydrazone groups is 1. The predicted molar refractivity (Wildman–Crippen MR) is 87.0 cm³/mol. The molecule has 5 nitrogen and oxygen atoms in total. The highest BCUT2D eigenvalue weighted by Gasteiger charge is 2.04. The number of benzene rings is 2. The Labute approximate surface area is 129 Å². The van der Waals surface area contributed by atoms with E-state index < -0.39 is 0 Å². The van der Waals surface area contributed by atoms with E-state index in [1.165, 1.54) is 12.5 Å². The standard InChI is InChI=1S/C17H17N3O2/c1-12-3-5-14(6-4-12)11-18-20-17(22)15-7-9-16(10-8-15)19-13(2)21/h3-11H,1-2H3,(H,19,21)(H,20,22)/b18-11-. The molecule has 0 aliphatic rings. The lowest BCUT2D eigenvalue weighted by Crippen LogP contribution is -2.17. The van der Waals surface area contributed by atoms with Crippen LogP contribution in [-0.4, -0.2) is 18.0 Å². The first kappa shape index (κ1) is 15.4. The van der Waals surface area contributed by atoms with Crippen LogP contribution in [0.1, 0.15) is 28.4 Å². The maximum atomic E-state index is 11.9. The number of amides is 2. The van der Waals surface area contributed by atoms with Crippen LogP contribution in [0.4, 0.5) is 5.69 Å². The average molecular weight is 295 g/mol. The lowest BCUT2D eigenvalue weighted by atomic mass is 10.2. The molecule has 2 aromatic rings. The molecule has 2 N–H and O–H groups in total. The van der Waals surface area contributed by atoms with Crippen LogP contribution in [0.2, 0.25) is 0 Å². The summed E-state index contributed by atoms with van der Waals surface area (Å²) >= 11 is 0. The van der Waals surface area contributed by atoms with Gasteiger partial charge in [0.25, 0.3) is 5.91 Å². The molecule has 0 unspecified atom stereocenters. The normalized spacial score (nSPS) is 10.5. The van der Waals surface area contributed by atoms with Gasteiger partial charge < -0.3 is 5.32 Å². The molecule has 0 saturated heterocycles. The molecule has 0 aliphatic carbocycles. The van der Waals surface area contributed by atoms with Crippen LogP contribution in [0.5, 0.6) is 0 Å². The van der Waals surface area contributed by atoms with Crippen molar-refractivity contribution in [2.45, 2.75) is 13.8 Å². The van der Waals surface area contributed by atoms with Gasteiger partial charge in [-0.05, 0) is 36.8 Å². The molecule has 0 aromatic heterocycles. The fourth-order valence-corrected chi connectivity index (χ4v) is 1.79. The number of aryl methyl sites for hydroxylation is 1. The van der Waals surface area contributed by atoms with Crippen molar-refractivity contribution in [1.29, 1.82) is 0 Å². The van der Waals surface area contributed by atoms with Gasteiger partial charge in [0.1, 0.15) is 0 Å². The van der Waals surface area contributed by atoms with Crippen molar-refractivity contribution in [3.8, 4) is 0 Å². The number of hydrogen-bond donors (Lipinski definition) is 2. The molecule has 112 valence electrons. The molecule has 2 aromatic carbocycles. The van der Waals surface area contributed by atoms with E-state index in [0.717, 1.165) is 5.56 Å². The minimum atomic E-state index is -0.308. The van der Waals surface area contributed by atoms with Gasteiger partial charge in [0, 0.05) is 18.2 Å². The first-order chi connectivity index (χ1) is 10.5. The fourth-order valence-electron chi connectivity index (χ4n) is 1.79. The number of hydrogen-bond acceptors (Lipinski definition) is 3. The molecular weight excluding hydrogens is 278 g/mol. The van der Waals surface area contributed by atoms with E-state index in [1.807, 2.05) is 31.2 Å². The largest absolute Gasteiger partial charge is 0.326 e. The Balaban J connectivity index is 1.94. The number of nitrogens with zero attached hydrogens (tertiary/aromatic N) is 1. The maximum absolute atomic E-state index is 11.9. The van der Waals surface area contributed by atoms with E-state index in [9.17, 15) is 9.59 Å². The Morgan fingerprint density at radius 3 is 2.23 bits per heavy atom. The van der Waals surface area contributed by atoms with E-state index in [2.05, 4.69) is 15.8 Å².